The third-order valence-electron chi connectivity index (χ3n) is 5.25. The van der Waals surface area contributed by atoms with Crippen LogP contribution in [-0.2, 0) is 11.2 Å². The molecule has 0 saturated heterocycles. The van der Waals surface area contributed by atoms with Crippen LogP contribution in [0.5, 0.6) is 11.5 Å². The number of phenolic OH excluding ortho intramolecular Hbond substituents is 2. The second-order valence-corrected chi connectivity index (χ2v) is 7.34. The fourth-order valence-corrected chi connectivity index (χ4v) is 3.85. The van der Waals surface area contributed by atoms with Crippen LogP contribution < -0.4 is 5.43 Å². The molecule has 2 aromatic heterocycles. The number of benzene rings is 3. The largest absolute Gasteiger partial charge is 0.508 e. The molecule has 7 heteroatoms. The zero-order valence-electron chi connectivity index (χ0n) is 16.5. The van der Waals surface area contributed by atoms with E-state index in [0.717, 1.165) is 0 Å². The summed E-state index contributed by atoms with van der Waals surface area (Å²) in [6.45, 7) is 0. The lowest BCUT2D eigenvalue weighted by atomic mass is 10.0. The van der Waals surface area contributed by atoms with Crippen molar-refractivity contribution in [2.45, 2.75) is 6.42 Å². The number of carboxylic acid groups (broad SMARTS) is 1. The fraction of sp³-hybridized carbons (Fsp3) is 0.0400. The predicted octanol–water partition coefficient (Wildman–Crippen LogP) is 4.91. The van der Waals surface area contributed by atoms with Crippen LogP contribution in [0.3, 0.4) is 0 Å². The maximum Gasteiger partial charge on any atom is 0.307 e. The summed E-state index contributed by atoms with van der Waals surface area (Å²) in [6, 6.07) is 17.6. The van der Waals surface area contributed by atoms with Crippen molar-refractivity contribution in [2.24, 2.45) is 0 Å². The zero-order valence-corrected chi connectivity index (χ0v) is 16.5. The van der Waals surface area contributed by atoms with Gasteiger partial charge in [-0.25, -0.2) is 0 Å². The molecule has 0 spiro atoms. The van der Waals surface area contributed by atoms with Gasteiger partial charge in [0.05, 0.1) is 11.8 Å². The van der Waals surface area contributed by atoms with E-state index >= 15 is 0 Å². The number of phenols is 2. The molecule has 0 amide bonds. The Labute approximate surface area is 180 Å². The molecule has 7 nitrogen and oxygen atoms in total. The Balaban J connectivity index is 1.90. The first kappa shape index (κ1) is 19.4. The van der Waals surface area contributed by atoms with Crippen molar-refractivity contribution in [3.05, 3.63) is 82.5 Å². The van der Waals surface area contributed by atoms with E-state index in [0.29, 0.717) is 22.1 Å². The molecule has 3 N–H and O–H groups in total. The molecule has 158 valence electrons. The van der Waals surface area contributed by atoms with Crippen molar-refractivity contribution in [2.75, 3.05) is 0 Å². The second kappa shape index (κ2) is 7.31. The molecule has 0 fully saturated rings. The van der Waals surface area contributed by atoms with Crippen molar-refractivity contribution in [1.29, 1.82) is 0 Å². The van der Waals surface area contributed by atoms with Crippen molar-refractivity contribution in [1.82, 2.24) is 0 Å². The summed E-state index contributed by atoms with van der Waals surface area (Å²) < 4.78 is 12.0. The summed E-state index contributed by atoms with van der Waals surface area (Å²) in [4.78, 5) is 24.6. The third-order valence-corrected chi connectivity index (χ3v) is 5.25. The van der Waals surface area contributed by atoms with Gasteiger partial charge in [0.15, 0.2) is 11.0 Å². The van der Waals surface area contributed by atoms with Crippen molar-refractivity contribution >= 4 is 27.9 Å². The van der Waals surface area contributed by atoms with E-state index in [4.69, 9.17) is 8.83 Å². The molecule has 0 atom stereocenters. The number of furan rings is 1. The van der Waals surface area contributed by atoms with Crippen molar-refractivity contribution in [3.63, 3.8) is 0 Å². The summed E-state index contributed by atoms with van der Waals surface area (Å²) >= 11 is 0. The van der Waals surface area contributed by atoms with Gasteiger partial charge in [0.25, 0.3) is 0 Å². The van der Waals surface area contributed by atoms with Gasteiger partial charge in [-0.05, 0) is 24.3 Å². The number of fused-ring (bicyclic) bond motifs is 3. The monoisotopic (exact) mass is 428 g/mol. The average molecular weight is 428 g/mol. The quantitative estimate of drug-likeness (QED) is 0.372. The van der Waals surface area contributed by atoms with Gasteiger partial charge in [-0.1, -0.05) is 30.3 Å². The molecule has 2 heterocycles. The summed E-state index contributed by atoms with van der Waals surface area (Å²) in [7, 11) is 0. The van der Waals surface area contributed by atoms with Crippen LogP contribution in [0.4, 0.5) is 0 Å². The Morgan fingerprint density at radius 2 is 1.56 bits per heavy atom. The van der Waals surface area contributed by atoms with Crippen LogP contribution >= 0.6 is 0 Å². The number of carboxylic acids is 1. The number of aromatic hydroxyl groups is 2. The third kappa shape index (κ3) is 3.16. The summed E-state index contributed by atoms with van der Waals surface area (Å²) in [6.07, 6.45) is -0.400. The van der Waals surface area contributed by atoms with Gasteiger partial charge < -0.3 is 24.2 Å². The van der Waals surface area contributed by atoms with E-state index < -0.39 is 17.8 Å². The van der Waals surface area contributed by atoms with E-state index in [1.165, 1.54) is 24.3 Å². The van der Waals surface area contributed by atoms with Gasteiger partial charge in [-0.3, -0.25) is 9.59 Å². The Bertz CT molecular complexity index is 1540. The number of rotatable bonds is 4. The Kier molecular flexibility index (Phi) is 4.44. The van der Waals surface area contributed by atoms with E-state index in [-0.39, 0.29) is 39.6 Å². The Hall–Kier alpha value is -4.52. The van der Waals surface area contributed by atoms with Gasteiger partial charge in [-0.2, -0.15) is 0 Å². The van der Waals surface area contributed by atoms with Crippen LogP contribution in [0.15, 0.2) is 80.4 Å². The molecule has 0 saturated carbocycles. The molecule has 0 aliphatic heterocycles. The van der Waals surface area contributed by atoms with E-state index in [2.05, 4.69) is 0 Å². The first-order chi connectivity index (χ1) is 15.4. The minimum Gasteiger partial charge on any atom is -0.508 e. The Morgan fingerprint density at radius 1 is 0.844 bits per heavy atom. The van der Waals surface area contributed by atoms with E-state index in [1.807, 2.05) is 6.07 Å². The average Bonchev–Trinajstić information content (AvgIpc) is 3.12. The van der Waals surface area contributed by atoms with Crippen LogP contribution in [0.1, 0.15) is 5.56 Å². The number of aliphatic carboxylic acids is 1. The first-order valence-corrected chi connectivity index (χ1v) is 9.74. The topological polar surface area (TPSA) is 121 Å². The molecule has 0 radical (unpaired) electrons. The van der Waals surface area contributed by atoms with Gasteiger partial charge >= 0.3 is 5.97 Å². The summed E-state index contributed by atoms with van der Waals surface area (Å²) in [5, 5.41) is 29.9. The summed E-state index contributed by atoms with van der Waals surface area (Å²) in [5.41, 5.74) is 1.27. The first-order valence-electron chi connectivity index (χ1n) is 9.74. The van der Waals surface area contributed by atoms with Crippen LogP contribution in [0.2, 0.25) is 0 Å². The molecule has 0 aliphatic carbocycles. The zero-order chi connectivity index (χ0) is 22.4. The fourth-order valence-electron chi connectivity index (χ4n) is 3.85. The maximum absolute atomic E-state index is 12.9. The minimum atomic E-state index is -1.10. The van der Waals surface area contributed by atoms with Crippen LogP contribution in [-0.4, -0.2) is 21.3 Å². The highest BCUT2D eigenvalue weighted by molar-refractivity contribution is 6.10. The van der Waals surface area contributed by atoms with E-state index in [9.17, 15) is 24.9 Å². The maximum atomic E-state index is 12.9. The molecule has 5 rings (SSSR count). The van der Waals surface area contributed by atoms with Gasteiger partial charge in [-0.15, -0.1) is 0 Å². The molecular weight excluding hydrogens is 412 g/mol. The highest BCUT2D eigenvalue weighted by Crippen LogP contribution is 2.41. The Morgan fingerprint density at radius 3 is 2.25 bits per heavy atom. The van der Waals surface area contributed by atoms with Crippen molar-refractivity contribution < 1.29 is 28.9 Å². The van der Waals surface area contributed by atoms with Crippen LogP contribution in [0, 0.1) is 0 Å². The van der Waals surface area contributed by atoms with Gasteiger partial charge in [0.2, 0.25) is 0 Å². The lowest BCUT2D eigenvalue weighted by molar-refractivity contribution is -0.136. The molecule has 0 aliphatic rings. The molecule has 3 aromatic carbocycles. The molecule has 0 unspecified atom stereocenters. The number of carbonyl (C=O) groups is 1. The summed E-state index contributed by atoms with van der Waals surface area (Å²) in [5.74, 6) is -0.846. The minimum absolute atomic E-state index is 0.0474. The lowest BCUT2D eigenvalue weighted by Crippen LogP contribution is -2.03. The number of hydrogen-bond donors (Lipinski definition) is 3. The molecular formula is C25H16O7. The predicted molar refractivity (Wildman–Crippen MR) is 118 cm³/mol. The molecule has 32 heavy (non-hydrogen) atoms. The SMILES string of the molecule is O=C(O)Cc1c(-c2ccc(O)cc2)oc2cc(O)c3c(=O)cc(-c4ccccc4)oc3c12. The molecule has 0 bridgehead atoms. The molecule has 5 aromatic rings. The van der Waals surface area contributed by atoms with Crippen LogP contribution in [0.25, 0.3) is 44.6 Å². The van der Waals surface area contributed by atoms with Gasteiger partial charge in [0.1, 0.15) is 34.0 Å². The number of hydrogen-bond acceptors (Lipinski definition) is 6. The second-order valence-electron chi connectivity index (χ2n) is 7.34. The standard InChI is InChI=1S/C25H16O7/c26-15-8-6-14(7-9-15)24-16(10-21(29)30)22-20(32-24)12-18(28)23-17(27)11-19(31-25(22)23)13-4-2-1-3-5-13/h1-9,11-12,26,28H,10H2,(H,29,30). The highest BCUT2D eigenvalue weighted by atomic mass is 16.4. The van der Waals surface area contributed by atoms with E-state index in [1.54, 1.807) is 36.4 Å². The van der Waals surface area contributed by atoms with Crippen molar-refractivity contribution in [3.8, 4) is 34.1 Å². The normalized spacial score (nSPS) is 11.2. The van der Waals surface area contributed by atoms with Gasteiger partial charge in [0, 0.05) is 28.8 Å². The lowest BCUT2D eigenvalue weighted by Gasteiger charge is -2.06. The highest BCUT2D eigenvalue weighted by Gasteiger charge is 2.24. The smallest absolute Gasteiger partial charge is 0.307 e.